The van der Waals surface area contributed by atoms with Gasteiger partial charge in [-0.15, -0.1) is 0 Å². The fraction of sp³-hybridized carbons (Fsp3) is 0.400. The molecule has 0 spiro atoms. The average molecular weight is 261 g/mol. The second-order valence-electron chi connectivity index (χ2n) is 3.22. The van der Waals surface area contributed by atoms with Gasteiger partial charge in [-0.1, -0.05) is 6.07 Å². The number of hydrogen-bond acceptors (Lipinski definition) is 2. The monoisotopic (exact) mass is 260 g/mol. The third-order valence-corrected chi connectivity index (χ3v) is 2.57. The van der Waals surface area contributed by atoms with Gasteiger partial charge in [0, 0.05) is 0 Å². The zero-order valence-electron chi connectivity index (χ0n) is 7.50. The molecule has 1 fully saturated rings. The summed E-state index contributed by atoms with van der Waals surface area (Å²) in [5, 5.41) is 0. The summed E-state index contributed by atoms with van der Waals surface area (Å²) < 4.78 is 23.7. The molecule has 4 heteroatoms. The van der Waals surface area contributed by atoms with Crippen molar-refractivity contribution in [1.82, 2.24) is 0 Å². The Kier molecular flexibility index (Phi) is 3.15. The number of ether oxygens (including phenoxy) is 2. The quantitative estimate of drug-likeness (QED) is 0.777. The fourth-order valence-corrected chi connectivity index (χ4v) is 1.53. The summed E-state index contributed by atoms with van der Waals surface area (Å²) in [6.07, 6.45) is 0.277. The summed E-state index contributed by atoms with van der Waals surface area (Å²) in [5.41, 5.74) is 0.957. The van der Waals surface area contributed by atoms with Gasteiger partial charge in [-0.25, -0.2) is 4.39 Å². The molecule has 0 bridgehead atoms. The van der Waals surface area contributed by atoms with Gasteiger partial charge in [0.2, 0.25) is 0 Å². The molecule has 0 amide bonds. The van der Waals surface area contributed by atoms with E-state index in [0.717, 1.165) is 12.2 Å². The molecule has 0 N–H and O–H groups in total. The van der Waals surface area contributed by atoms with Crippen LogP contribution in [-0.2, 0) is 16.1 Å². The van der Waals surface area contributed by atoms with Crippen LogP contribution in [0.5, 0.6) is 0 Å². The average Bonchev–Trinajstić information content (AvgIpc) is 2.95. The Balaban J connectivity index is 1.85. The summed E-state index contributed by atoms with van der Waals surface area (Å²) in [7, 11) is 0. The van der Waals surface area contributed by atoms with Gasteiger partial charge in [-0.3, -0.25) is 0 Å². The van der Waals surface area contributed by atoms with E-state index in [1.165, 1.54) is 6.07 Å². The van der Waals surface area contributed by atoms with Crippen LogP contribution < -0.4 is 0 Å². The van der Waals surface area contributed by atoms with E-state index in [-0.39, 0.29) is 11.9 Å². The van der Waals surface area contributed by atoms with Crippen LogP contribution in [0.1, 0.15) is 5.56 Å². The van der Waals surface area contributed by atoms with Crippen LogP contribution in [0, 0.1) is 5.82 Å². The minimum absolute atomic E-state index is 0.251. The number of hydrogen-bond donors (Lipinski definition) is 0. The summed E-state index contributed by atoms with van der Waals surface area (Å²) in [4.78, 5) is 0. The van der Waals surface area contributed by atoms with Crippen molar-refractivity contribution in [2.24, 2.45) is 0 Å². The molecule has 0 saturated carbocycles. The van der Waals surface area contributed by atoms with E-state index in [9.17, 15) is 4.39 Å². The normalized spacial score (nSPS) is 19.7. The summed E-state index contributed by atoms with van der Waals surface area (Å²) in [6, 6.07) is 4.87. The van der Waals surface area contributed by atoms with Crippen LogP contribution in [0.4, 0.5) is 4.39 Å². The van der Waals surface area contributed by atoms with Crippen molar-refractivity contribution in [2.75, 3.05) is 13.2 Å². The molecule has 14 heavy (non-hydrogen) atoms. The lowest BCUT2D eigenvalue weighted by Gasteiger charge is -2.03. The van der Waals surface area contributed by atoms with Crippen LogP contribution in [0.3, 0.4) is 0 Å². The Labute approximate surface area is 90.1 Å². The molecule has 0 aromatic heterocycles. The van der Waals surface area contributed by atoms with E-state index in [2.05, 4.69) is 15.9 Å². The molecule has 1 heterocycles. The third-order valence-electron chi connectivity index (χ3n) is 1.96. The number of rotatable bonds is 4. The van der Waals surface area contributed by atoms with Crippen LogP contribution in [0.25, 0.3) is 0 Å². The van der Waals surface area contributed by atoms with Crippen LogP contribution in [-0.4, -0.2) is 19.3 Å². The smallest absolute Gasteiger partial charge is 0.137 e. The van der Waals surface area contributed by atoms with Crippen molar-refractivity contribution < 1.29 is 13.9 Å². The van der Waals surface area contributed by atoms with Crippen molar-refractivity contribution >= 4 is 15.9 Å². The molecule has 1 atom stereocenters. The first kappa shape index (κ1) is 10.1. The fourth-order valence-electron chi connectivity index (χ4n) is 1.10. The highest BCUT2D eigenvalue weighted by Crippen LogP contribution is 2.18. The maximum Gasteiger partial charge on any atom is 0.137 e. The van der Waals surface area contributed by atoms with E-state index < -0.39 is 0 Å². The van der Waals surface area contributed by atoms with Gasteiger partial charge in [0.25, 0.3) is 0 Å². The topological polar surface area (TPSA) is 21.8 Å². The lowest BCUT2D eigenvalue weighted by Crippen LogP contribution is -2.01. The Morgan fingerprint density at radius 2 is 2.36 bits per heavy atom. The van der Waals surface area contributed by atoms with Crippen molar-refractivity contribution in [3.8, 4) is 0 Å². The first-order valence-corrected chi connectivity index (χ1v) is 5.18. The number of halogens is 2. The minimum atomic E-state index is -0.251. The second kappa shape index (κ2) is 4.38. The Bertz CT molecular complexity index is 326. The summed E-state index contributed by atoms with van der Waals surface area (Å²) in [6.45, 7) is 1.92. The largest absolute Gasteiger partial charge is 0.374 e. The van der Waals surface area contributed by atoms with E-state index in [0.29, 0.717) is 17.7 Å². The SMILES string of the molecule is Fc1ccc(COCC2CO2)cc1Br. The van der Waals surface area contributed by atoms with Gasteiger partial charge in [-0.05, 0) is 33.6 Å². The highest BCUT2D eigenvalue weighted by atomic mass is 79.9. The predicted octanol–water partition coefficient (Wildman–Crippen LogP) is 2.50. The molecular weight excluding hydrogens is 251 g/mol. The van der Waals surface area contributed by atoms with Gasteiger partial charge < -0.3 is 9.47 Å². The maximum absolute atomic E-state index is 12.9. The summed E-state index contributed by atoms with van der Waals surface area (Å²) >= 11 is 3.12. The number of epoxide rings is 1. The minimum Gasteiger partial charge on any atom is -0.374 e. The van der Waals surface area contributed by atoms with E-state index in [1.807, 2.05) is 0 Å². The van der Waals surface area contributed by atoms with E-state index >= 15 is 0 Å². The van der Waals surface area contributed by atoms with Crippen molar-refractivity contribution in [1.29, 1.82) is 0 Å². The van der Waals surface area contributed by atoms with Crippen LogP contribution in [0.2, 0.25) is 0 Å². The lowest BCUT2D eigenvalue weighted by molar-refractivity contribution is 0.104. The molecule has 2 nitrogen and oxygen atoms in total. The van der Waals surface area contributed by atoms with E-state index in [1.54, 1.807) is 12.1 Å². The molecule has 1 aliphatic heterocycles. The van der Waals surface area contributed by atoms with Gasteiger partial charge in [0.05, 0.1) is 24.3 Å². The zero-order chi connectivity index (χ0) is 9.97. The zero-order valence-corrected chi connectivity index (χ0v) is 9.09. The lowest BCUT2D eigenvalue weighted by atomic mass is 10.2. The molecule has 2 rings (SSSR count). The molecule has 0 aliphatic carbocycles. The molecule has 1 aromatic carbocycles. The van der Waals surface area contributed by atoms with Crippen molar-refractivity contribution in [2.45, 2.75) is 12.7 Å². The predicted molar refractivity (Wildman–Crippen MR) is 53.5 cm³/mol. The van der Waals surface area contributed by atoms with Gasteiger partial charge in [-0.2, -0.15) is 0 Å². The maximum atomic E-state index is 12.9. The first-order chi connectivity index (χ1) is 6.75. The molecule has 1 unspecified atom stereocenters. The Hall–Kier alpha value is -0.450. The molecule has 1 aliphatic rings. The number of benzene rings is 1. The third kappa shape index (κ3) is 2.77. The van der Waals surface area contributed by atoms with Crippen molar-refractivity contribution in [3.05, 3.63) is 34.1 Å². The van der Waals surface area contributed by atoms with Crippen LogP contribution >= 0.6 is 15.9 Å². The second-order valence-corrected chi connectivity index (χ2v) is 4.07. The Morgan fingerprint density at radius 3 is 3.00 bits per heavy atom. The highest BCUT2D eigenvalue weighted by Gasteiger charge is 2.22. The first-order valence-electron chi connectivity index (χ1n) is 4.39. The van der Waals surface area contributed by atoms with Crippen molar-refractivity contribution in [3.63, 3.8) is 0 Å². The summed E-state index contributed by atoms with van der Waals surface area (Å²) in [5.74, 6) is -0.251. The van der Waals surface area contributed by atoms with Crippen LogP contribution in [0.15, 0.2) is 22.7 Å². The van der Waals surface area contributed by atoms with Gasteiger partial charge in [0.1, 0.15) is 11.9 Å². The standard InChI is InChI=1S/C10H10BrFO2/c11-9-3-7(1-2-10(9)12)4-13-5-8-6-14-8/h1-3,8H,4-6H2. The van der Waals surface area contributed by atoms with Gasteiger partial charge in [0.15, 0.2) is 0 Å². The van der Waals surface area contributed by atoms with E-state index in [4.69, 9.17) is 9.47 Å². The molecule has 1 saturated heterocycles. The van der Waals surface area contributed by atoms with Gasteiger partial charge >= 0.3 is 0 Å². The highest BCUT2D eigenvalue weighted by molar-refractivity contribution is 9.10. The molecule has 1 aromatic rings. The molecule has 0 radical (unpaired) electrons. The Morgan fingerprint density at radius 1 is 1.57 bits per heavy atom. The molecular formula is C10H10BrFO2. The molecule has 76 valence electrons.